The third-order valence-electron chi connectivity index (χ3n) is 4.55. The monoisotopic (exact) mass is 379 g/mol. The van der Waals surface area contributed by atoms with Crippen LogP contribution in [-0.2, 0) is 6.42 Å². The minimum Gasteiger partial charge on any atom is -0.339 e. The van der Waals surface area contributed by atoms with Crippen LogP contribution in [0.4, 0.5) is 10.5 Å². The molecule has 0 bridgehead atoms. The molecule has 2 aromatic rings. The van der Waals surface area contributed by atoms with Crippen LogP contribution in [-0.4, -0.2) is 47.3 Å². The van der Waals surface area contributed by atoms with Gasteiger partial charge in [0, 0.05) is 31.2 Å². The van der Waals surface area contributed by atoms with Crippen molar-refractivity contribution in [3.05, 3.63) is 42.0 Å². The number of para-hydroxylation sites is 1. The zero-order valence-corrected chi connectivity index (χ0v) is 16.0. The highest BCUT2D eigenvalue weighted by atomic mass is 35.5. The Morgan fingerprint density at radius 3 is 2.88 bits per heavy atom. The number of hydrogen-bond acceptors (Lipinski definition) is 5. The summed E-state index contributed by atoms with van der Waals surface area (Å²) < 4.78 is 5.45. The first-order valence-electron chi connectivity index (χ1n) is 8.76. The minimum absolute atomic E-state index is 0. The van der Waals surface area contributed by atoms with Crippen molar-refractivity contribution < 1.29 is 9.32 Å². The van der Waals surface area contributed by atoms with Crippen LogP contribution in [0.5, 0.6) is 0 Å². The second-order valence-electron chi connectivity index (χ2n) is 6.52. The first kappa shape index (κ1) is 20.2. The van der Waals surface area contributed by atoms with Gasteiger partial charge in [-0.1, -0.05) is 23.4 Å². The van der Waals surface area contributed by atoms with Gasteiger partial charge < -0.3 is 20.1 Å². The van der Waals surface area contributed by atoms with E-state index in [2.05, 4.69) is 27.7 Å². The summed E-state index contributed by atoms with van der Waals surface area (Å²) >= 11 is 0. The third kappa shape index (κ3) is 5.19. The fourth-order valence-electron chi connectivity index (χ4n) is 2.98. The van der Waals surface area contributed by atoms with E-state index in [1.807, 2.05) is 42.3 Å². The Bertz CT molecular complexity index is 694. The highest BCUT2D eigenvalue weighted by Gasteiger charge is 2.28. The predicted molar refractivity (Wildman–Crippen MR) is 103 cm³/mol. The minimum atomic E-state index is -0.0838. The summed E-state index contributed by atoms with van der Waals surface area (Å²) in [7, 11) is 1.91. The van der Waals surface area contributed by atoms with Gasteiger partial charge in [-0.05, 0) is 38.9 Å². The molecule has 1 saturated heterocycles. The van der Waals surface area contributed by atoms with Crippen molar-refractivity contribution in [1.29, 1.82) is 0 Å². The van der Waals surface area contributed by atoms with Crippen molar-refractivity contribution >= 4 is 24.1 Å². The number of carbonyl (C=O) groups excluding carboxylic acids is 1. The Labute approximate surface area is 159 Å². The van der Waals surface area contributed by atoms with E-state index in [0.717, 1.165) is 31.5 Å². The van der Waals surface area contributed by atoms with Crippen molar-refractivity contribution in [2.75, 3.05) is 25.5 Å². The van der Waals surface area contributed by atoms with Crippen LogP contribution < -0.4 is 10.6 Å². The maximum Gasteiger partial charge on any atom is 0.321 e. The number of halogens is 1. The van der Waals surface area contributed by atoms with E-state index in [0.29, 0.717) is 24.3 Å². The summed E-state index contributed by atoms with van der Waals surface area (Å²) in [6, 6.07) is 9.71. The summed E-state index contributed by atoms with van der Waals surface area (Å²) in [6.07, 6.45) is 2.61. The molecule has 26 heavy (non-hydrogen) atoms. The quantitative estimate of drug-likeness (QED) is 0.834. The average molecular weight is 380 g/mol. The van der Waals surface area contributed by atoms with E-state index in [1.54, 1.807) is 0 Å². The molecule has 0 saturated carbocycles. The van der Waals surface area contributed by atoms with Crippen LogP contribution in [0, 0.1) is 0 Å². The number of nitrogens with one attached hydrogen (secondary N) is 2. The lowest BCUT2D eigenvalue weighted by atomic mass is 9.98. The van der Waals surface area contributed by atoms with Gasteiger partial charge in [-0.15, -0.1) is 12.4 Å². The number of aromatic nitrogens is 2. The molecule has 0 aliphatic carbocycles. The molecule has 7 nitrogen and oxygen atoms in total. The summed E-state index contributed by atoms with van der Waals surface area (Å²) in [6.45, 7) is 3.42. The zero-order chi connectivity index (χ0) is 17.6. The van der Waals surface area contributed by atoms with E-state index < -0.39 is 0 Å². The first-order chi connectivity index (χ1) is 12.2. The smallest absolute Gasteiger partial charge is 0.321 e. The topological polar surface area (TPSA) is 83.3 Å². The summed E-state index contributed by atoms with van der Waals surface area (Å²) in [4.78, 5) is 18.8. The third-order valence-corrected chi connectivity index (χ3v) is 4.55. The van der Waals surface area contributed by atoms with Crippen LogP contribution in [0.25, 0.3) is 0 Å². The number of likely N-dealkylation sites (tertiary alicyclic amines) is 1. The van der Waals surface area contributed by atoms with Crippen molar-refractivity contribution in [3.63, 3.8) is 0 Å². The summed E-state index contributed by atoms with van der Waals surface area (Å²) in [5, 5.41) is 10.2. The van der Waals surface area contributed by atoms with Crippen LogP contribution in [0.1, 0.15) is 37.4 Å². The van der Waals surface area contributed by atoms with Gasteiger partial charge in [0.25, 0.3) is 0 Å². The number of amides is 2. The molecule has 1 fully saturated rings. The molecule has 1 aromatic carbocycles. The lowest BCUT2D eigenvalue weighted by Crippen LogP contribution is -2.41. The molecule has 0 spiro atoms. The number of likely N-dealkylation sites (N-methyl/N-ethyl adjacent to an activating group) is 1. The SMILES string of the molecule is CNC(C)Cc1noc(C2CCCN(C(=O)Nc3ccccc3)C2)n1.Cl. The number of urea groups is 1. The molecule has 3 rings (SSSR count). The fourth-order valence-corrected chi connectivity index (χ4v) is 2.98. The lowest BCUT2D eigenvalue weighted by molar-refractivity contribution is 0.184. The highest BCUT2D eigenvalue weighted by molar-refractivity contribution is 5.89. The number of anilines is 1. The number of hydrogen-bond donors (Lipinski definition) is 2. The van der Waals surface area contributed by atoms with Crippen molar-refractivity contribution in [2.24, 2.45) is 0 Å². The second-order valence-corrected chi connectivity index (χ2v) is 6.52. The summed E-state index contributed by atoms with van der Waals surface area (Å²) in [5.41, 5.74) is 0.802. The molecular formula is C18H26ClN5O2. The molecule has 1 aliphatic heterocycles. The Kier molecular flexibility index (Phi) is 7.41. The molecular weight excluding hydrogens is 354 g/mol. The molecule has 8 heteroatoms. The molecule has 2 unspecified atom stereocenters. The van der Waals surface area contributed by atoms with E-state index in [-0.39, 0.29) is 24.4 Å². The van der Waals surface area contributed by atoms with Crippen molar-refractivity contribution in [2.45, 2.75) is 38.1 Å². The Morgan fingerprint density at radius 1 is 1.38 bits per heavy atom. The van der Waals surface area contributed by atoms with Gasteiger partial charge in [0.2, 0.25) is 5.89 Å². The number of piperidine rings is 1. The molecule has 2 heterocycles. The molecule has 2 atom stereocenters. The predicted octanol–water partition coefficient (Wildman–Crippen LogP) is 3.05. The maximum absolute atomic E-state index is 12.5. The van der Waals surface area contributed by atoms with Gasteiger partial charge in [0.1, 0.15) is 0 Å². The normalized spacial score (nSPS) is 18.1. The number of carbonyl (C=O) groups is 1. The Hall–Kier alpha value is -2.12. The van der Waals surface area contributed by atoms with Crippen molar-refractivity contribution in [3.8, 4) is 0 Å². The lowest BCUT2D eigenvalue weighted by Gasteiger charge is -2.31. The Morgan fingerprint density at radius 2 is 2.15 bits per heavy atom. The number of nitrogens with zero attached hydrogens (tertiary/aromatic N) is 3. The molecule has 0 radical (unpaired) electrons. The number of benzene rings is 1. The van der Waals surface area contributed by atoms with E-state index in [9.17, 15) is 4.79 Å². The van der Waals surface area contributed by atoms with E-state index >= 15 is 0 Å². The molecule has 2 amide bonds. The van der Waals surface area contributed by atoms with E-state index in [4.69, 9.17) is 4.52 Å². The first-order valence-corrected chi connectivity index (χ1v) is 8.76. The average Bonchev–Trinajstić information content (AvgIpc) is 3.11. The van der Waals surface area contributed by atoms with Crippen LogP contribution >= 0.6 is 12.4 Å². The van der Waals surface area contributed by atoms with Gasteiger partial charge in [-0.3, -0.25) is 0 Å². The Balaban J connectivity index is 0.00000243. The van der Waals surface area contributed by atoms with Gasteiger partial charge in [0.05, 0.1) is 5.92 Å². The molecule has 1 aliphatic rings. The fraction of sp³-hybridized carbons (Fsp3) is 0.500. The van der Waals surface area contributed by atoms with Crippen molar-refractivity contribution in [1.82, 2.24) is 20.4 Å². The van der Waals surface area contributed by atoms with E-state index in [1.165, 1.54) is 0 Å². The van der Waals surface area contributed by atoms with Crippen LogP contribution in [0.3, 0.4) is 0 Å². The second kappa shape index (κ2) is 9.54. The van der Waals surface area contributed by atoms with Gasteiger partial charge in [-0.25, -0.2) is 4.79 Å². The standard InChI is InChI=1S/C18H25N5O2.ClH/c1-13(19-2)11-16-21-17(25-22-16)14-7-6-10-23(12-14)18(24)20-15-8-4-3-5-9-15;/h3-5,8-9,13-14,19H,6-7,10-12H2,1-2H3,(H,20,24);1H. The van der Waals surface area contributed by atoms with Gasteiger partial charge >= 0.3 is 6.03 Å². The zero-order valence-electron chi connectivity index (χ0n) is 15.1. The number of rotatable bonds is 5. The van der Waals surface area contributed by atoms with Gasteiger partial charge in [-0.2, -0.15) is 4.98 Å². The summed E-state index contributed by atoms with van der Waals surface area (Å²) in [5.74, 6) is 1.44. The molecule has 1 aromatic heterocycles. The highest BCUT2D eigenvalue weighted by Crippen LogP contribution is 2.26. The largest absolute Gasteiger partial charge is 0.339 e. The van der Waals surface area contributed by atoms with Crippen LogP contribution in [0.2, 0.25) is 0 Å². The maximum atomic E-state index is 12.5. The molecule has 142 valence electrons. The molecule has 2 N–H and O–H groups in total. The van der Waals surface area contributed by atoms with Crippen LogP contribution in [0.15, 0.2) is 34.9 Å². The van der Waals surface area contributed by atoms with Gasteiger partial charge in [0.15, 0.2) is 5.82 Å².